The Balaban J connectivity index is 0.00000147. The van der Waals surface area contributed by atoms with Gasteiger partial charge in [-0.05, 0) is 26.1 Å². The van der Waals surface area contributed by atoms with Crippen molar-refractivity contribution in [3.63, 3.8) is 0 Å². The Morgan fingerprint density at radius 3 is 2.00 bits per heavy atom. The fourth-order valence-electron chi connectivity index (χ4n) is 1.92. The van der Waals surface area contributed by atoms with Crippen molar-refractivity contribution in [2.45, 2.75) is 0 Å². The van der Waals surface area contributed by atoms with Gasteiger partial charge in [0, 0.05) is 5.22 Å². The molecule has 1 aliphatic heterocycles. The third kappa shape index (κ3) is 2.85. The van der Waals surface area contributed by atoms with Crippen LogP contribution >= 0.6 is 0 Å². The standard InChI is InChI=1S/C14H10N4O.Na/c19-9-10-5-7-11(8-6-10)12-3-1-2-4-13(12)14-15-17-18-16-14;/h1-9,19H;/q;+1/p-1. The molecule has 0 saturated carbocycles. The van der Waals surface area contributed by atoms with E-state index in [1.165, 1.54) is 0 Å². The molecule has 6 heteroatoms. The van der Waals surface area contributed by atoms with Gasteiger partial charge in [0.1, 0.15) is 0 Å². The maximum atomic E-state index is 10.7. The van der Waals surface area contributed by atoms with E-state index >= 15 is 0 Å². The number of hydrogen-bond donors (Lipinski definition) is 0. The summed E-state index contributed by atoms with van der Waals surface area (Å²) >= 11 is 0. The van der Waals surface area contributed by atoms with Crippen molar-refractivity contribution in [3.8, 4) is 0 Å². The topological polar surface area (TPSA) is 72.5 Å². The number of benzene rings is 2. The summed E-state index contributed by atoms with van der Waals surface area (Å²) in [6, 6.07) is 15.1. The Kier molecular flexibility index (Phi) is 4.79. The molecule has 0 N–H and O–H groups in total. The molecule has 0 saturated heterocycles. The smallest absolute Gasteiger partial charge is 0.877 e. The zero-order valence-electron chi connectivity index (χ0n) is 10.9. The second-order valence-electron chi connectivity index (χ2n) is 3.99. The SMILES string of the molecule is [Na+].[O-]C=c1ccc(=c2ccccc2=C2N=NN=N2)cc1. The Labute approximate surface area is 136 Å². The summed E-state index contributed by atoms with van der Waals surface area (Å²) in [6.07, 6.45) is 0.823. The van der Waals surface area contributed by atoms with Crippen molar-refractivity contribution in [2.75, 3.05) is 0 Å². The van der Waals surface area contributed by atoms with E-state index in [0.29, 0.717) is 11.0 Å². The van der Waals surface area contributed by atoms with Gasteiger partial charge in [-0.2, -0.15) is 0 Å². The van der Waals surface area contributed by atoms with Crippen LogP contribution in [0.3, 0.4) is 0 Å². The van der Waals surface area contributed by atoms with Gasteiger partial charge in [-0.15, -0.1) is 16.5 Å². The summed E-state index contributed by atoms with van der Waals surface area (Å²) in [5, 5.41) is 28.9. The van der Waals surface area contributed by atoms with E-state index < -0.39 is 0 Å². The molecule has 1 heterocycles. The first-order chi connectivity index (χ1) is 9.38. The molecule has 1 aliphatic rings. The van der Waals surface area contributed by atoms with E-state index in [4.69, 9.17) is 0 Å². The molecule has 0 spiro atoms. The molecule has 0 aromatic heterocycles. The van der Waals surface area contributed by atoms with E-state index in [1.807, 2.05) is 36.4 Å². The van der Waals surface area contributed by atoms with Gasteiger partial charge in [0.05, 0.1) is 0 Å². The van der Waals surface area contributed by atoms with Crippen LogP contribution in [0.15, 0.2) is 69.2 Å². The first-order valence-electron chi connectivity index (χ1n) is 5.72. The Hall–Kier alpha value is -1.82. The molecule has 92 valence electrons. The molecule has 0 bridgehead atoms. The molecule has 0 amide bonds. The van der Waals surface area contributed by atoms with Gasteiger partial charge < -0.3 is 5.11 Å². The van der Waals surface area contributed by atoms with Crippen molar-refractivity contribution >= 4 is 12.1 Å². The van der Waals surface area contributed by atoms with E-state index in [-0.39, 0.29) is 29.6 Å². The van der Waals surface area contributed by atoms with Crippen molar-refractivity contribution < 1.29 is 34.7 Å². The monoisotopic (exact) mass is 272 g/mol. The van der Waals surface area contributed by atoms with Crippen LogP contribution in [0.5, 0.6) is 0 Å². The van der Waals surface area contributed by atoms with Gasteiger partial charge in [0.25, 0.3) is 0 Å². The van der Waals surface area contributed by atoms with E-state index in [1.54, 1.807) is 12.1 Å². The minimum absolute atomic E-state index is 0. The molecular weight excluding hydrogens is 263 g/mol. The molecule has 0 atom stereocenters. The maximum absolute atomic E-state index is 10.7. The average molecular weight is 272 g/mol. The van der Waals surface area contributed by atoms with E-state index in [2.05, 4.69) is 20.7 Å². The van der Waals surface area contributed by atoms with Crippen LogP contribution in [0, 0.1) is 10.4 Å². The van der Waals surface area contributed by atoms with Crippen molar-refractivity contribution in [1.82, 2.24) is 0 Å². The van der Waals surface area contributed by atoms with Crippen molar-refractivity contribution in [1.29, 1.82) is 0 Å². The molecule has 5 nitrogen and oxygen atoms in total. The molecule has 20 heavy (non-hydrogen) atoms. The largest absolute Gasteiger partial charge is 1.00 e. The van der Waals surface area contributed by atoms with Crippen LogP contribution in [0.25, 0.3) is 12.1 Å². The predicted molar refractivity (Wildman–Crippen MR) is 67.4 cm³/mol. The minimum atomic E-state index is 0. The number of rotatable bonds is 0. The van der Waals surface area contributed by atoms with Crippen LogP contribution in [0.4, 0.5) is 0 Å². The van der Waals surface area contributed by atoms with Crippen LogP contribution in [0.1, 0.15) is 0 Å². The quantitative estimate of drug-likeness (QED) is 0.510. The normalized spacial score (nSPS) is 12.3. The third-order valence-corrected chi connectivity index (χ3v) is 2.84. The molecule has 0 unspecified atom stereocenters. The summed E-state index contributed by atoms with van der Waals surface area (Å²) in [6.45, 7) is 0. The second kappa shape index (κ2) is 6.56. The van der Waals surface area contributed by atoms with Gasteiger partial charge in [-0.1, -0.05) is 48.5 Å². The number of hydrogen-bond acceptors (Lipinski definition) is 5. The van der Waals surface area contributed by atoms with E-state index in [9.17, 15) is 5.11 Å². The zero-order valence-corrected chi connectivity index (χ0v) is 12.9. The molecule has 0 fully saturated rings. The van der Waals surface area contributed by atoms with Gasteiger partial charge in [-0.3, -0.25) is 0 Å². The molecule has 3 rings (SSSR count). The fourth-order valence-corrected chi connectivity index (χ4v) is 1.92. The average Bonchev–Trinajstić information content (AvgIpc) is 3.01. The summed E-state index contributed by atoms with van der Waals surface area (Å²) in [4.78, 5) is 0. The molecule has 2 aromatic carbocycles. The maximum Gasteiger partial charge on any atom is 1.00 e. The van der Waals surface area contributed by atoms with Gasteiger partial charge in [0.15, 0.2) is 0 Å². The summed E-state index contributed by atoms with van der Waals surface area (Å²) in [7, 11) is 0. The Bertz CT molecular complexity index is 853. The van der Waals surface area contributed by atoms with Crippen LogP contribution in [-0.4, -0.2) is 0 Å². The Morgan fingerprint density at radius 2 is 1.40 bits per heavy atom. The summed E-state index contributed by atoms with van der Waals surface area (Å²) in [5.74, 6) is 0.495. The molecular formula is C14H9N4NaO. The zero-order chi connectivity index (χ0) is 13.1. The molecule has 0 radical (unpaired) electrons. The summed E-state index contributed by atoms with van der Waals surface area (Å²) < 4.78 is 0. The van der Waals surface area contributed by atoms with Gasteiger partial charge >= 0.3 is 29.6 Å². The van der Waals surface area contributed by atoms with Crippen LogP contribution < -0.4 is 45.1 Å². The first-order valence-corrected chi connectivity index (χ1v) is 5.72. The molecule has 2 aromatic rings. The first kappa shape index (κ1) is 14.6. The Morgan fingerprint density at radius 1 is 0.800 bits per heavy atom. The predicted octanol–water partition coefficient (Wildman–Crippen LogP) is -2.03. The van der Waals surface area contributed by atoms with Crippen LogP contribution in [-0.2, 0) is 0 Å². The van der Waals surface area contributed by atoms with Crippen molar-refractivity contribution in [2.24, 2.45) is 20.7 Å². The molecule has 0 aliphatic carbocycles. The fraction of sp³-hybridized carbons (Fsp3) is 0. The van der Waals surface area contributed by atoms with Gasteiger partial charge in [0.2, 0.25) is 5.82 Å². The summed E-state index contributed by atoms with van der Waals surface area (Å²) in [5.41, 5.74) is 0. The van der Waals surface area contributed by atoms with Crippen LogP contribution in [0.2, 0.25) is 0 Å². The minimum Gasteiger partial charge on any atom is -0.877 e. The number of nitrogens with zero attached hydrogens (tertiary/aromatic N) is 4. The van der Waals surface area contributed by atoms with E-state index in [0.717, 1.165) is 21.9 Å². The van der Waals surface area contributed by atoms with Gasteiger partial charge in [-0.25, -0.2) is 0 Å². The van der Waals surface area contributed by atoms with Crippen molar-refractivity contribution in [3.05, 3.63) is 69.4 Å². The third-order valence-electron chi connectivity index (χ3n) is 2.84. The second-order valence-corrected chi connectivity index (χ2v) is 3.99.